The first-order valence-corrected chi connectivity index (χ1v) is 5.13. The Kier molecular flexibility index (Phi) is 4.11. The average Bonchev–Trinajstić information content (AvgIpc) is 2.19. The van der Waals surface area contributed by atoms with Crippen LogP contribution < -0.4 is 11.5 Å². The van der Waals surface area contributed by atoms with Crippen LogP contribution in [0.5, 0.6) is 0 Å². The number of nitrogens with two attached hydrogens (primary N) is 2. The zero-order chi connectivity index (χ0) is 10.6. The van der Waals surface area contributed by atoms with Crippen LogP contribution in [0.4, 0.5) is 0 Å². The molecule has 78 valence electrons. The van der Waals surface area contributed by atoms with Gasteiger partial charge < -0.3 is 11.5 Å². The third-order valence-electron chi connectivity index (χ3n) is 2.68. The van der Waals surface area contributed by atoms with Crippen LogP contribution in [0.1, 0.15) is 16.7 Å². The van der Waals surface area contributed by atoms with Crippen LogP contribution in [-0.2, 0) is 6.42 Å². The second-order valence-electron chi connectivity index (χ2n) is 3.97. The lowest BCUT2D eigenvalue weighted by atomic mass is 9.95. The Balaban J connectivity index is 2.79. The highest BCUT2D eigenvalue weighted by Gasteiger charge is 2.07. The van der Waals surface area contributed by atoms with Crippen molar-refractivity contribution in [3.8, 4) is 0 Å². The molecule has 0 aliphatic heterocycles. The van der Waals surface area contributed by atoms with Gasteiger partial charge in [-0.2, -0.15) is 0 Å². The molecule has 0 spiro atoms. The second-order valence-corrected chi connectivity index (χ2v) is 3.97. The molecule has 0 saturated heterocycles. The van der Waals surface area contributed by atoms with Gasteiger partial charge in [-0.15, -0.1) is 0 Å². The molecule has 0 aliphatic rings. The van der Waals surface area contributed by atoms with Crippen molar-refractivity contribution in [2.75, 3.05) is 13.1 Å². The highest BCUT2D eigenvalue weighted by atomic mass is 14.6. The zero-order valence-electron chi connectivity index (χ0n) is 9.09. The van der Waals surface area contributed by atoms with Gasteiger partial charge in [0.1, 0.15) is 0 Å². The number of hydrogen-bond acceptors (Lipinski definition) is 2. The van der Waals surface area contributed by atoms with E-state index in [0.717, 1.165) is 6.42 Å². The predicted molar refractivity (Wildman–Crippen MR) is 61.2 cm³/mol. The molecule has 0 radical (unpaired) electrons. The molecule has 0 fully saturated rings. The van der Waals surface area contributed by atoms with Crippen LogP contribution in [0, 0.1) is 19.8 Å². The smallest absolute Gasteiger partial charge is 0.00336 e. The van der Waals surface area contributed by atoms with E-state index in [4.69, 9.17) is 11.5 Å². The Morgan fingerprint density at radius 3 is 2.36 bits per heavy atom. The summed E-state index contributed by atoms with van der Waals surface area (Å²) in [5.74, 6) is 0.412. The van der Waals surface area contributed by atoms with Crippen molar-refractivity contribution in [2.24, 2.45) is 17.4 Å². The number of benzene rings is 1. The molecule has 2 nitrogen and oxygen atoms in total. The fraction of sp³-hybridized carbons (Fsp3) is 0.500. The fourth-order valence-corrected chi connectivity index (χ4v) is 1.59. The summed E-state index contributed by atoms with van der Waals surface area (Å²) in [7, 11) is 0. The minimum Gasteiger partial charge on any atom is -0.330 e. The molecule has 2 heteroatoms. The molecule has 0 aliphatic carbocycles. The third-order valence-corrected chi connectivity index (χ3v) is 2.68. The van der Waals surface area contributed by atoms with E-state index in [1.165, 1.54) is 16.7 Å². The first-order valence-electron chi connectivity index (χ1n) is 5.13. The van der Waals surface area contributed by atoms with Crippen molar-refractivity contribution in [3.05, 3.63) is 34.9 Å². The summed E-state index contributed by atoms with van der Waals surface area (Å²) >= 11 is 0. The highest BCUT2D eigenvalue weighted by molar-refractivity contribution is 5.30. The third kappa shape index (κ3) is 2.82. The Bertz CT molecular complexity index is 290. The summed E-state index contributed by atoms with van der Waals surface area (Å²) in [5, 5.41) is 0. The lowest BCUT2D eigenvalue weighted by Gasteiger charge is -2.14. The SMILES string of the molecule is Cc1ccc(C)c(CC(CN)CN)c1. The van der Waals surface area contributed by atoms with Crippen molar-refractivity contribution in [1.82, 2.24) is 0 Å². The molecule has 0 heterocycles. The van der Waals surface area contributed by atoms with Crippen molar-refractivity contribution in [3.63, 3.8) is 0 Å². The Morgan fingerprint density at radius 2 is 1.79 bits per heavy atom. The molecule has 0 aromatic heterocycles. The molecule has 4 N–H and O–H groups in total. The van der Waals surface area contributed by atoms with Gasteiger partial charge in [0.05, 0.1) is 0 Å². The van der Waals surface area contributed by atoms with E-state index in [2.05, 4.69) is 32.0 Å². The van der Waals surface area contributed by atoms with Crippen LogP contribution in [0.2, 0.25) is 0 Å². The van der Waals surface area contributed by atoms with Gasteiger partial charge in [0.25, 0.3) is 0 Å². The molecule has 0 amide bonds. The maximum absolute atomic E-state index is 5.64. The maximum atomic E-state index is 5.64. The molecule has 0 atom stereocenters. The fourth-order valence-electron chi connectivity index (χ4n) is 1.59. The highest BCUT2D eigenvalue weighted by Crippen LogP contribution is 2.14. The summed E-state index contributed by atoms with van der Waals surface area (Å²) < 4.78 is 0. The molecular formula is C12H20N2. The van der Waals surface area contributed by atoms with Gasteiger partial charge in [-0.25, -0.2) is 0 Å². The Labute approximate surface area is 86.3 Å². The average molecular weight is 192 g/mol. The predicted octanol–water partition coefficient (Wildman–Crippen LogP) is 1.38. The normalized spacial score (nSPS) is 10.9. The molecule has 1 aromatic carbocycles. The van der Waals surface area contributed by atoms with E-state index in [1.54, 1.807) is 0 Å². The molecule has 0 unspecified atom stereocenters. The van der Waals surface area contributed by atoms with Gasteiger partial charge in [0.15, 0.2) is 0 Å². The van der Waals surface area contributed by atoms with Gasteiger partial charge in [0, 0.05) is 0 Å². The summed E-state index contributed by atoms with van der Waals surface area (Å²) in [6.45, 7) is 5.59. The molecule has 1 rings (SSSR count). The van der Waals surface area contributed by atoms with Crippen molar-refractivity contribution < 1.29 is 0 Å². The van der Waals surface area contributed by atoms with Gasteiger partial charge in [-0.05, 0) is 50.4 Å². The zero-order valence-corrected chi connectivity index (χ0v) is 9.09. The van der Waals surface area contributed by atoms with Gasteiger partial charge in [-0.1, -0.05) is 23.8 Å². The van der Waals surface area contributed by atoms with E-state index in [0.29, 0.717) is 19.0 Å². The van der Waals surface area contributed by atoms with E-state index in [-0.39, 0.29) is 0 Å². The lowest BCUT2D eigenvalue weighted by molar-refractivity contribution is 0.547. The quantitative estimate of drug-likeness (QED) is 0.757. The topological polar surface area (TPSA) is 52.0 Å². The van der Waals surface area contributed by atoms with Crippen molar-refractivity contribution in [2.45, 2.75) is 20.3 Å². The van der Waals surface area contributed by atoms with Gasteiger partial charge in [-0.3, -0.25) is 0 Å². The molecule has 0 bridgehead atoms. The van der Waals surface area contributed by atoms with E-state index >= 15 is 0 Å². The standard InChI is InChI=1S/C12H20N2/c1-9-3-4-10(2)12(5-9)6-11(7-13)8-14/h3-5,11H,6-8,13-14H2,1-2H3. The first-order chi connectivity index (χ1) is 6.67. The lowest BCUT2D eigenvalue weighted by Crippen LogP contribution is -2.25. The minimum absolute atomic E-state index is 0.412. The number of aryl methyl sites for hydroxylation is 2. The van der Waals surface area contributed by atoms with E-state index < -0.39 is 0 Å². The summed E-state index contributed by atoms with van der Waals surface area (Å²) in [4.78, 5) is 0. The molecule has 14 heavy (non-hydrogen) atoms. The second kappa shape index (κ2) is 5.13. The number of hydrogen-bond donors (Lipinski definition) is 2. The van der Waals surface area contributed by atoms with Gasteiger partial charge in [0.2, 0.25) is 0 Å². The monoisotopic (exact) mass is 192 g/mol. The molecular weight excluding hydrogens is 172 g/mol. The van der Waals surface area contributed by atoms with Crippen LogP contribution >= 0.6 is 0 Å². The molecule has 0 saturated carbocycles. The minimum atomic E-state index is 0.412. The van der Waals surface area contributed by atoms with E-state index in [9.17, 15) is 0 Å². The maximum Gasteiger partial charge on any atom is -0.00336 e. The summed E-state index contributed by atoms with van der Waals surface area (Å²) in [6.07, 6.45) is 1.00. The van der Waals surface area contributed by atoms with Crippen molar-refractivity contribution >= 4 is 0 Å². The largest absolute Gasteiger partial charge is 0.330 e. The van der Waals surface area contributed by atoms with Crippen molar-refractivity contribution in [1.29, 1.82) is 0 Å². The first kappa shape index (κ1) is 11.2. The Morgan fingerprint density at radius 1 is 1.14 bits per heavy atom. The van der Waals surface area contributed by atoms with Gasteiger partial charge >= 0.3 is 0 Å². The van der Waals surface area contributed by atoms with Crippen LogP contribution in [0.15, 0.2) is 18.2 Å². The van der Waals surface area contributed by atoms with Crippen LogP contribution in [-0.4, -0.2) is 13.1 Å². The summed E-state index contributed by atoms with van der Waals surface area (Å²) in [6, 6.07) is 6.53. The Hall–Kier alpha value is -0.860. The van der Waals surface area contributed by atoms with Crippen LogP contribution in [0.25, 0.3) is 0 Å². The number of rotatable bonds is 4. The summed E-state index contributed by atoms with van der Waals surface area (Å²) in [5.41, 5.74) is 15.3. The van der Waals surface area contributed by atoms with Crippen LogP contribution in [0.3, 0.4) is 0 Å². The molecule has 1 aromatic rings. The van der Waals surface area contributed by atoms with E-state index in [1.807, 2.05) is 0 Å².